The number of rotatable bonds is 2. The fourth-order valence-corrected chi connectivity index (χ4v) is 3.38. The molecule has 0 aromatic heterocycles. The van der Waals surface area contributed by atoms with Crippen molar-refractivity contribution < 1.29 is 4.79 Å². The number of benzene rings is 1. The van der Waals surface area contributed by atoms with Crippen molar-refractivity contribution in [2.75, 3.05) is 26.2 Å². The van der Waals surface area contributed by atoms with Crippen LogP contribution in [0.4, 0.5) is 0 Å². The second-order valence-corrected chi connectivity index (χ2v) is 6.00. The fraction of sp³-hybridized carbons (Fsp3) is 0.533. The first-order chi connectivity index (χ1) is 9.24. The molecule has 102 valence electrons. The third-order valence-electron chi connectivity index (χ3n) is 4.20. The molecule has 2 aliphatic rings. The first-order valence-corrected chi connectivity index (χ1v) is 7.51. The molecule has 1 unspecified atom stereocenters. The second kappa shape index (κ2) is 5.55. The minimum absolute atomic E-state index is 0.151. The van der Waals surface area contributed by atoms with Gasteiger partial charge in [0.1, 0.15) is 0 Å². The predicted molar refractivity (Wildman–Crippen MR) is 78.8 cm³/mol. The summed E-state index contributed by atoms with van der Waals surface area (Å²) in [6.45, 7) is 4.18. The average Bonchev–Trinajstić information content (AvgIpc) is 3.08. The van der Waals surface area contributed by atoms with Crippen molar-refractivity contribution in [3.63, 3.8) is 0 Å². The molecule has 19 heavy (non-hydrogen) atoms. The van der Waals surface area contributed by atoms with Gasteiger partial charge in [0.2, 0.25) is 0 Å². The Morgan fingerprint density at radius 1 is 1.21 bits per heavy atom. The molecule has 0 spiro atoms. The van der Waals surface area contributed by atoms with E-state index in [0.717, 1.165) is 30.0 Å². The number of amides is 1. The summed E-state index contributed by atoms with van der Waals surface area (Å²) < 4.78 is 0. The van der Waals surface area contributed by atoms with Crippen molar-refractivity contribution in [1.82, 2.24) is 9.80 Å². The number of thiol groups is 1. The molecule has 2 aliphatic heterocycles. The smallest absolute Gasteiger partial charge is 0.253 e. The lowest BCUT2D eigenvalue weighted by Crippen LogP contribution is -2.37. The van der Waals surface area contributed by atoms with Gasteiger partial charge in [-0.15, -0.1) is 12.6 Å². The Balaban J connectivity index is 1.65. The normalized spacial score (nSPS) is 24.1. The number of carbonyl (C=O) groups excluding carboxylic acids is 1. The molecule has 3 rings (SSSR count). The van der Waals surface area contributed by atoms with E-state index < -0.39 is 0 Å². The van der Waals surface area contributed by atoms with Gasteiger partial charge in [-0.1, -0.05) is 6.07 Å². The highest BCUT2D eigenvalue weighted by molar-refractivity contribution is 7.80. The topological polar surface area (TPSA) is 23.6 Å². The van der Waals surface area contributed by atoms with Crippen LogP contribution in [0.1, 0.15) is 29.6 Å². The third-order valence-corrected chi connectivity index (χ3v) is 4.48. The van der Waals surface area contributed by atoms with Gasteiger partial charge in [0.05, 0.1) is 0 Å². The van der Waals surface area contributed by atoms with E-state index in [4.69, 9.17) is 0 Å². The highest BCUT2D eigenvalue weighted by Crippen LogP contribution is 2.22. The Kier molecular flexibility index (Phi) is 3.80. The molecule has 0 radical (unpaired) electrons. The zero-order chi connectivity index (χ0) is 13.2. The van der Waals surface area contributed by atoms with E-state index >= 15 is 0 Å². The Bertz CT molecular complexity index is 471. The Hall–Kier alpha value is -1.00. The van der Waals surface area contributed by atoms with Gasteiger partial charge in [-0.2, -0.15) is 0 Å². The Labute approximate surface area is 120 Å². The minimum Gasteiger partial charge on any atom is -0.337 e. The highest BCUT2D eigenvalue weighted by Gasteiger charge is 2.31. The molecule has 4 heteroatoms. The molecule has 2 fully saturated rings. The lowest BCUT2D eigenvalue weighted by atomic mass is 10.2. The molecule has 1 amide bonds. The van der Waals surface area contributed by atoms with Crippen molar-refractivity contribution in [1.29, 1.82) is 0 Å². The minimum atomic E-state index is 0.151. The van der Waals surface area contributed by atoms with Crippen LogP contribution in [0.2, 0.25) is 0 Å². The maximum atomic E-state index is 12.4. The van der Waals surface area contributed by atoms with Gasteiger partial charge in [0.15, 0.2) is 0 Å². The number of hydrogen-bond donors (Lipinski definition) is 1. The van der Waals surface area contributed by atoms with Gasteiger partial charge < -0.3 is 4.90 Å². The monoisotopic (exact) mass is 276 g/mol. The number of nitrogens with zero attached hydrogens (tertiary/aromatic N) is 2. The van der Waals surface area contributed by atoms with Gasteiger partial charge in [-0.3, -0.25) is 9.69 Å². The molecule has 0 N–H and O–H groups in total. The number of hydrogen-bond acceptors (Lipinski definition) is 3. The van der Waals surface area contributed by atoms with Crippen molar-refractivity contribution in [3.8, 4) is 0 Å². The van der Waals surface area contributed by atoms with Crippen LogP contribution in [0.15, 0.2) is 29.2 Å². The lowest BCUT2D eigenvalue weighted by molar-refractivity contribution is 0.0780. The zero-order valence-corrected chi connectivity index (χ0v) is 12.0. The predicted octanol–water partition coefficient (Wildman–Crippen LogP) is 2.29. The molecular formula is C15H20N2OS. The lowest BCUT2D eigenvalue weighted by Gasteiger charge is -2.23. The maximum Gasteiger partial charge on any atom is 0.253 e. The van der Waals surface area contributed by atoms with Crippen LogP contribution in [0, 0.1) is 0 Å². The van der Waals surface area contributed by atoms with E-state index in [2.05, 4.69) is 17.5 Å². The van der Waals surface area contributed by atoms with Crippen LogP contribution in [0.5, 0.6) is 0 Å². The van der Waals surface area contributed by atoms with Gasteiger partial charge in [0, 0.05) is 29.6 Å². The number of carbonyl (C=O) groups is 1. The molecule has 1 aromatic rings. The number of likely N-dealkylation sites (tertiary alicyclic amines) is 2. The van der Waals surface area contributed by atoms with E-state index in [1.165, 1.54) is 25.9 Å². The second-order valence-electron chi connectivity index (χ2n) is 5.49. The quantitative estimate of drug-likeness (QED) is 0.838. The van der Waals surface area contributed by atoms with E-state index in [-0.39, 0.29) is 5.91 Å². The molecule has 1 atom stereocenters. The van der Waals surface area contributed by atoms with Gasteiger partial charge in [-0.25, -0.2) is 0 Å². The molecule has 0 saturated carbocycles. The summed E-state index contributed by atoms with van der Waals surface area (Å²) in [6.07, 6.45) is 3.74. The van der Waals surface area contributed by atoms with Crippen LogP contribution in [-0.2, 0) is 0 Å². The van der Waals surface area contributed by atoms with Crippen molar-refractivity contribution in [3.05, 3.63) is 29.8 Å². The van der Waals surface area contributed by atoms with Gasteiger partial charge in [0.25, 0.3) is 5.91 Å². The first kappa shape index (κ1) is 13.0. The fourth-order valence-electron chi connectivity index (χ4n) is 3.15. The Morgan fingerprint density at radius 2 is 2.00 bits per heavy atom. The van der Waals surface area contributed by atoms with E-state index in [1.54, 1.807) is 0 Å². The van der Waals surface area contributed by atoms with Crippen LogP contribution < -0.4 is 0 Å². The summed E-state index contributed by atoms with van der Waals surface area (Å²) in [5, 5.41) is 0. The van der Waals surface area contributed by atoms with E-state index in [9.17, 15) is 4.79 Å². The van der Waals surface area contributed by atoms with Crippen molar-refractivity contribution in [2.24, 2.45) is 0 Å². The average molecular weight is 276 g/mol. The van der Waals surface area contributed by atoms with E-state index in [1.807, 2.05) is 29.2 Å². The molecule has 2 heterocycles. The summed E-state index contributed by atoms with van der Waals surface area (Å²) in [6, 6.07) is 8.10. The largest absolute Gasteiger partial charge is 0.337 e. The standard InChI is InChI=1S/C15H20N2OS/c18-15(12-4-3-5-14(19)10-12)17-9-6-13(11-17)16-7-1-2-8-16/h3-5,10,13,19H,1-2,6-9,11H2. The van der Waals surface area contributed by atoms with Crippen LogP contribution in [-0.4, -0.2) is 47.9 Å². The van der Waals surface area contributed by atoms with Gasteiger partial charge >= 0.3 is 0 Å². The third kappa shape index (κ3) is 2.79. The summed E-state index contributed by atoms with van der Waals surface area (Å²) in [7, 11) is 0. The summed E-state index contributed by atoms with van der Waals surface area (Å²) in [5.41, 5.74) is 0.759. The molecule has 0 aliphatic carbocycles. The SMILES string of the molecule is O=C(c1cccc(S)c1)N1CCC(N2CCCC2)C1. The van der Waals surface area contributed by atoms with Gasteiger partial charge in [-0.05, 0) is 50.6 Å². The maximum absolute atomic E-state index is 12.4. The van der Waals surface area contributed by atoms with Crippen LogP contribution in [0.25, 0.3) is 0 Å². The molecule has 2 saturated heterocycles. The molecule has 1 aromatic carbocycles. The Morgan fingerprint density at radius 3 is 2.74 bits per heavy atom. The van der Waals surface area contributed by atoms with Crippen molar-refractivity contribution >= 4 is 18.5 Å². The van der Waals surface area contributed by atoms with E-state index in [0.29, 0.717) is 6.04 Å². The molecular weight excluding hydrogens is 256 g/mol. The summed E-state index contributed by atoms with van der Waals surface area (Å²) in [4.78, 5) is 17.8. The summed E-state index contributed by atoms with van der Waals surface area (Å²) >= 11 is 4.30. The zero-order valence-electron chi connectivity index (χ0n) is 11.1. The highest BCUT2D eigenvalue weighted by atomic mass is 32.1. The first-order valence-electron chi connectivity index (χ1n) is 7.06. The molecule has 0 bridgehead atoms. The molecule has 3 nitrogen and oxygen atoms in total. The van der Waals surface area contributed by atoms with Crippen molar-refractivity contribution in [2.45, 2.75) is 30.2 Å². The van der Waals surface area contributed by atoms with Crippen LogP contribution >= 0.6 is 12.6 Å². The van der Waals surface area contributed by atoms with Crippen LogP contribution in [0.3, 0.4) is 0 Å². The summed E-state index contributed by atoms with van der Waals surface area (Å²) in [5.74, 6) is 0.151.